The highest BCUT2D eigenvalue weighted by Gasteiger charge is 2.23. The van der Waals surface area contributed by atoms with E-state index in [0.29, 0.717) is 11.7 Å². The highest BCUT2D eigenvalue weighted by Crippen LogP contribution is 2.26. The number of piperidine rings is 1. The van der Waals surface area contributed by atoms with Gasteiger partial charge in [-0.05, 0) is 49.4 Å². The first-order valence-electron chi connectivity index (χ1n) is 9.86. The van der Waals surface area contributed by atoms with Crippen molar-refractivity contribution in [3.63, 3.8) is 0 Å². The fraction of sp³-hybridized carbons (Fsp3) is 0.381. The molecule has 5 heterocycles. The van der Waals surface area contributed by atoms with Crippen LogP contribution in [0.4, 0.5) is 5.82 Å². The molecule has 0 atom stereocenters. The zero-order valence-electron chi connectivity index (χ0n) is 15.7. The second kappa shape index (κ2) is 7.14. The van der Waals surface area contributed by atoms with Crippen molar-refractivity contribution in [2.45, 2.75) is 19.3 Å². The number of hydrogen-bond donors (Lipinski definition) is 1. The number of imidazole rings is 1. The highest BCUT2D eigenvalue weighted by molar-refractivity contribution is 5.78. The van der Waals surface area contributed by atoms with Crippen molar-refractivity contribution in [1.29, 1.82) is 0 Å². The largest absolute Gasteiger partial charge is 0.484 e. The zero-order chi connectivity index (χ0) is 18.9. The molecule has 1 amide bonds. The van der Waals surface area contributed by atoms with Crippen LogP contribution < -0.4 is 10.1 Å². The summed E-state index contributed by atoms with van der Waals surface area (Å²) < 4.78 is 7.66. The molecule has 3 aromatic rings. The number of hydrogen-bond acceptors (Lipinski definition) is 5. The lowest BCUT2D eigenvalue weighted by atomic mass is 9.93. The van der Waals surface area contributed by atoms with E-state index < -0.39 is 0 Å². The molecule has 0 radical (unpaired) electrons. The van der Waals surface area contributed by atoms with Gasteiger partial charge in [-0.15, -0.1) is 5.10 Å². The molecule has 1 saturated heterocycles. The molecule has 0 aliphatic carbocycles. The minimum atomic E-state index is 0.0614. The van der Waals surface area contributed by atoms with Crippen LogP contribution in [0.25, 0.3) is 16.9 Å². The molecule has 0 unspecified atom stereocenters. The molecular weight excluding hydrogens is 354 g/mol. The molecule has 0 saturated carbocycles. The molecule has 28 heavy (non-hydrogen) atoms. The fourth-order valence-electron chi connectivity index (χ4n) is 4.02. The van der Waals surface area contributed by atoms with Crippen LogP contribution in [-0.2, 0) is 4.79 Å². The smallest absolute Gasteiger partial charge is 0.260 e. The zero-order valence-corrected chi connectivity index (χ0v) is 15.7. The van der Waals surface area contributed by atoms with Crippen molar-refractivity contribution in [2.75, 3.05) is 31.6 Å². The summed E-state index contributed by atoms with van der Waals surface area (Å²) in [5.41, 5.74) is 2.64. The van der Waals surface area contributed by atoms with Gasteiger partial charge in [0.25, 0.3) is 5.91 Å². The lowest BCUT2D eigenvalue weighted by Gasteiger charge is -2.32. The van der Waals surface area contributed by atoms with E-state index in [0.717, 1.165) is 61.6 Å². The number of nitrogens with zero attached hydrogens (tertiary/aromatic N) is 4. The molecular formula is C21H23N5O2. The molecule has 0 spiro atoms. The summed E-state index contributed by atoms with van der Waals surface area (Å²) in [5.74, 6) is 2.22. The predicted octanol–water partition coefficient (Wildman–Crippen LogP) is 2.83. The van der Waals surface area contributed by atoms with Gasteiger partial charge in [-0.1, -0.05) is 12.1 Å². The number of nitrogens with one attached hydrogen (secondary N) is 1. The second-order valence-corrected chi connectivity index (χ2v) is 7.49. The Labute approximate surface area is 163 Å². The van der Waals surface area contributed by atoms with Crippen molar-refractivity contribution in [1.82, 2.24) is 19.5 Å². The van der Waals surface area contributed by atoms with Crippen LogP contribution in [-0.4, -0.2) is 51.6 Å². The number of ether oxygens (including phenoxy) is 1. The van der Waals surface area contributed by atoms with Gasteiger partial charge in [-0.25, -0.2) is 9.50 Å². The Balaban J connectivity index is 1.52. The lowest BCUT2D eigenvalue weighted by molar-refractivity contribution is -0.134. The molecule has 7 heteroatoms. The van der Waals surface area contributed by atoms with E-state index in [2.05, 4.69) is 10.3 Å². The quantitative estimate of drug-likeness (QED) is 0.652. The van der Waals surface area contributed by atoms with Crippen LogP contribution in [0.2, 0.25) is 0 Å². The van der Waals surface area contributed by atoms with E-state index in [1.54, 1.807) is 0 Å². The summed E-state index contributed by atoms with van der Waals surface area (Å²) in [6.45, 7) is 2.58. The average molecular weight is 377 g/mol. The van der Waals surface area contributed by atoms with E-state index in [1.165, 1.54) is 0 Å². The molecule has 3 aliphatic heterocycles. The molecule has 1 aromatic carbocycles. The van der Waals surface area contributed by atoms with Crippen molar-refractivity contribution < 1.29 is 9.53 Å². The van der Waals surface area contributed by atoms with Gasteiger partial charge >= 0.3 is 0 Å². The molecule has 1 N–H and O–H groups in total. The average Bonchev–Trinajstić information content (AvgIpc) is 3.15. The summed E-state index contributed by atoms with van der Waals surface area (Å²) in [4.78, 5) is 18.9. The van der Waals surface area contributed by atoms with E-state index in [9.17, 15) is 4.79 Å². The van der Waals surface area contributed by atoms with Crippen LogP contribution in [0, 0.1) is 5.92 Å². The van der Waals surface area contributed by atoms with Gasteiger partial charge in [0.15, 0.2) is 12.3 Å². The number of anilines is 1. The molecule has 6 rings (SSSR count). The minimum Gasteiger partial charge on any atom is -0.484 e. The standard InChI is InChI=1S/C21H23N5O2/c27-21-14-28-17-3-1-2-16(12-17)18-13-23-20-5-4-19(24-26(18)20)22-9-6-15-7-10-25(21)11-8-15/h1-5,12-13,15H,6-11,14H2,(H,22,24). The number of aromatic nitrogens is 3. The Bertz CT molecular complexity index is 1010. The van der Waals surface area contributed by atoms with E-state index in [-0.39, 0.29) is 12.5 Å². The number of fused-ring (bicyclic) bond motifs is 6. The molecule has 1 fully saturated rings. The Kier molecular flexibility index (Phi) is 4.35. The monoisotopic (exact) mass is 377 g/mol. The summed E-state index contributed by atoms with van der Waals surface area (Å²) in [5, 5.41) is 8.18. The first-order valence-corrected chi connectivity index (χ1v) is 9.86. The lowest BCUT2D eigenvalue weighted by Crippen LogP contribution is -2.41. The third kappa shape index (κ3) is 3.28. The van der Waals surface area contributed by atoms with E-state index in [4.69, 9.17) is 9.84 Å². The third-order valence-corrected chi connectivity index (χ3v) is 5.68. The maximum Gasteiger partial charge on any atom is 0.260 e. The van der Waals surface area contributed by atoms with Crippen LogP contribution in [0.1, 0.15) is 19.3 Å². The number of amides is 1. The maximum atomic E-state index is 12.5. The number of benzene rings is 1. The van der Waals surface area contributed by atoms with Crippen LogP contribution >= 0.6 is 0 Å². The SMILES string of the molecule is O=C1COc2cccc(c2)-c2cnc3ccc(nn23)NCCC2CCN1CC2. The van der Waals surface area contributed by atoms with Gasteiger partial charge in [0.2, 0.25) is 0 Å². The highest BCUT2D eigenvalue weighted by atomic mass is 16.5. The number of carbonyl (C=O) groups is 1. The predicted molar refractivity (Wildman–Crippen MR) is 106 cm³/mol. The Morgan fingerprint density at radius 1 is 1.11 bits per heavy atom. The number of rotatable bonds is 0. The van der Waals surface area contributed by atoms with Crippen LogP contribution in [0.5, 0.6) is 5.75 Å². The fourth-order valence-corrected chi connectivity index (χ4v) is 4.02. The minimum absolute atomic E-state index is 0.0614. The van der Waals surface area contributed by atoms with E-state index >= 15 is 0 Å². The summed E-state index contributed by atoms with van der Waals surface area (Å²) in [7, 11) is 0. The molecule has 3 aliphatic rings. The summed E-state index contributed by atoms with van der Waals surface area (Å²) in [6.07, 6.45) is 4.98. The molecule has 144 valence electrons. The Morgan fingerprint density at radius 2 is 2.00 bits per heavy atom. The van der Waals surface area contributed by atoms with Crippen LogP contribution in [0.15, 0.2) is 42.6 Å². The summed E-state index contributed by atoms with van der Waals surface area (Å²) in [6, 6.07) is 11.7. The first-order chi connectivity index (χ1) is 13.8. The van der Waals surface area contributed by atoms with E-state index in [1.807, 2.05) is 52.0 Å². The molecule has 6 bridgehead atoms. The van der Waals surface area contributed by atoms with Gasteiger partial charge in [0, 0.05) is 25.2 Å². The van der Waals surface area contributed by atoms with Crippen LogP contribution in [0.3, 0.4) is 0 Å². The number of carbonyl (C=O) groups excluding carboxylic acids is 1. The Morgan fingerprint density at radius 3 is 2.89 bits per heavy atom. The van der Waals surface area contributed by atoms with Crippen molar-refractivity contribution in [3.8, 4) is 17.0 Å². The second-order valence-electron chi connectivity index (χ2n) is 7.49. The molecule has 7 nitrogen and oxygen atoms in total. The van der Waals surface area contributed by atoms with Gasteiger partial charge < -0.3 is 15.0 Å². The molecule has 2 aromatic heterocycles. The van der Waals surface area contributed by atoms with Crippen molar-refractivity contribution in [2.24, 2.45) is 5.92 Å². The van der Waals surface area contributed by atoms with Crippen molar-refractivity contribution in [3.05, 3.63) is 42.6 Å². The van der Waals surface area contributed by atoms with Gasteiger partial charge in [0.1, 0.15) is 11.6 Å². The topological polar surface area (TPSA) is 71.8 Å². The van der Waals surface area contributed by atoms with Gasteiger partial charge in [0.05, 0.1) is 11.9 Å². The normalized spacial score (nSPS) is 18.1. The van der Waals surface area contributed by atoms with Gasteiger partial charge in [-0.3, -0.25) is 4.79 Å². The Hall–Kier alpha value is -3.09. The first kappa shape index (κ1) is 17.0. The maximum absolute atomic E-state index is 12.5. The third-order valence-electron chi connectivity index (χ3n) is 5.68. The van der Waals surface area contributed by atoms with Crippen molar-refractivity contribution >= 4 is 17.4 Å². The summed E-state index contributed by atoms with van der Waals surface area (Å²) >= 11 is 0. The van der Waals surface area contributed by atoms with Gasteiger partial charge in [-0.2, -0.15) is 0 Å².